The second-order valence-corrected chi connectivity index (χ2v) is 17.0. The lowest BCUT2D eigenvalue weighted by Gasteiger charge is -2.33. The molecule has 0 aliphatic heterocycles. The molecule has 1 heterocycles. The molecule has 1 aromatic heterocycles. The normalized spacial score (nSPS) is 15.1. The van der Waals surface area contributed by atoms with Crippen LogP contribution >= 0.6 is 0 Å². The highest BCUT2D eigenvalue weighted by atomic mass is 16.5. The number of nitrogens with one attached hydrogen (secondary N) is 1. The number of ether oxygens (including phenoxy) is 2. The van der Waals surface area contributed by atoms with E-state index in [9.17, 15) is 14.4 Å². The molecule has 7 rings (SSSR count). The first-order valence-electron chi connectivity index (χ1n) is 19.1. The fourth-order valence-electron chi connectivity index (χ4n) is 8.38. The second kappa shape index (κ2) is 14.6. The van der Waals surface area contributed by atoms with Crippen LogP contribution < -0.4 is 15.0 Å². The van der Waals surface area contributed by atoms with E-state index in [-0.39, 0.29) is 34.3 Å². The first-order valence-corrected chi connectivity index (χ1v) is 19.1. The van der Waals surface area contributed by atoms with Crippen molar-refractivity contribution in [3.05, 3.63) is 136 Å². The van der Waals surface area contributed by atoms with E-state index in [2.05, 4.69) is 52.1 Å². The van der Waals surface area contributed by atoms with Gasteiger partial charge in [0.2, 0.25) is 0 Å². The van der Waals surface area contributed by atoms with E-state index in [1.165, 1.54) is 12.7 Å². The Balaban J connectivity index is 1.50. The van der Waals surface area contributed by atoms with Gasteiger partial charge in [0.1, 0.15) is 17.1 Å². The highest BCUT2D eigenvalue weighted by molar-refractivity contribution is 6.32. The molecule has 8 nitrogen and oxygen atoms in total. The number of nitrogens with zero attached hydrogens (tertiary/aromatic N) is 2. The van der Waals surface area contributed by atoms with Crippen LogP contribution in [0.15, 0.2) is 108 Å². The first kappa shape index (κ1) is 38.3. The number of allylic oxidation sites excluding steroid dienone is 3. The van der Waals surface area contributed by atoms with Gasteiger partial charge in [-0.15, -0.1) is 0 Å². The molecule has 2 aliphatic carbocycles. The summed E-state index contributed by atoms with van der Waals surface area (Å²) in [4.78, 5) is 48.9. The van der Waals surface area contributed by atoms with Crippen LogP contribution in [-0.4, -0.2) is 43.7 Å². The summed E-state index contributed by atoms with van der Waals surface area (Å²) in [6.07, 6.45) is 5.08. The minimum Gasteiger partial charge on any atom is -0.466 e. The maximum Gasteiger partial charge on any atom is 0.333 e. The molecule has 2 aliphatic rings. The molecular formula is C48H49N3O5. The van der Waals surface area contributed by atoms with Gasteiger partial charge < -0.3 is 19.7 Å². The van der Waals surface area contributed by atoms with Crippen LogP contribution in [0.3, 0.4) is 0 Å². The van der Waals surface area contributed by atoms with Crippen molar-refractivity contribution in [2.45, 2.75) is 59.8 Å². The van der Waals surface area contributed by atoms with Gasteiger partial charge >= 0.3 is 5.97 Å². The van der Waals surface area contributed by atoms with Crippen LogP contribution in [0.4, 0.5) is 11.5 Å². The molecule has 0 spiro atoms. The zero-order valence-corrected chi connectivity index (χ0v) is 33.7. The zero-order chi connectivity index (χ0) is 40.1. The van der Waals surface area contributed by atoms with Gasteiger partial charge in [0, 0.05) is 59.4 Å². The van der Waals surface area contributed by atoms with Gasteiger partial charge in [-0.1, -0.05) is 114 Å². The summed E-state index contributed by atoms with van der Waals surface area (Å²) in [6, 6.07) is 26.6. The fraction of sp³-hybridized carbons (Fsp3) is 0.292. The maximum atomic E-state index is 14.8. The Kier molecular flexibility index (Phi) is 9.95. The molecule has 56 heavy (non-hydrogen) atoms. The van der Waals surface area contributed by atoms with Crippen LogP contribution in [0, 0.1) is 11.3 Å². The Morgan fingerprint density at radius 2 is 1.54 bits per heavy atom. The lowest BCUT2D eigenvalue weighted by molar-refractivity contribution is -0.136. The van der Waals surface area contributed by atoms with E-state index in [1.54, 1.807) is 18.2 Å². The first-order chi connectivity index (χ1) is 26.6. The molecule has 286 valence electrons. The summed E-state index contributed by atoms with van der Waals surface area (Å²) in [5.41, 5.74) is 6.75. The number of esters is 1. The Labute approximate surface area is 329 Å². The number of fused-ring (bicyclic) bond motifs is 2. The number of carbonyl (C=O) groups is 3. The third-order valence-corrected chi connectivity index (χ3v) is 10.6. The van der Waals surface area contributed by atoms with Gasteiger partial charge in [0.05, 0.1) is 23.9 Å². The van der Waals surface area contributed by atoms with Gasteiger partial charge in [-0.05, 0) is 53.0 Å². The quantitative estimate of drug-likeness (QED) is 0.109. The molecule has 4 aromatic carbocycles. The molecule has 0 fully saturated rings. The van der Waals surface area contributed by atoms with Crippen LogP contribution in [0.5, 0.6) is 11.5 Å². The molecular weight excluding hydrogens is 699 g/mol. The number of pyridine rings is 1. The van der Waals surface area contributed by atoms with Crippen molar-refractivity contribution in [1.29, 1.82) is 0 Å². The summed E-state index contributed by atoms with van der Waals surface area (Å²) in [6.45, 7) is 13.3. The van der Waals surface area contributed by atoms with E-state index in [0.717, 1.165) is 12.1 Å². The minimum absolute atomic E-state index is 0.0572. The van der Waals surface area contributed by atoms with Crippen molar-refractivity contribution >= 4 is 39.9 Å². The summed E-state index contributed by atoms with van der Waals surface area (Å²) < 4.78 is 11.8. The number of aromatic nitrogens is 1. The molecule has 1 N–H and O–H groups in total. The predicted octanol–water partition coefficient (Wildman–Crippen LogP) is 10.7. The number of rotatable bonds is 10. The SMILES string of the molecule is COC(=O)C1=CC=C(Nc2cc(Oc3ccc(C(C)(C)CC(C)(C)C)cc3)c3nc(N(C)C)c(C(=O)c4ccccc4)c4c3c2C(=O)c2ccccc2-4)C(C)C1. The average molecular weight is 748 g/mol. The largest absolute Gasteiger partial charge is 0.466 e. The standard InChI is InChI=1S/C48H49N3O5/c1-28-25-30(46(54)55-9)19-24-35(28)49-36-26-37(56-32-22-20-31(21-23-32)48(5,6)27-47(2,3)4)42-40-38(33-17-13-14-18-34(33)44(53)39(36)40)41(45(50-42)51(7)8)43(52)29-15-11-10-12-16-29/h10-24,26,28,49H,25,27H2,1-9H3. The molecule has 8 heteroatoms. The number of carbonyl (C=O) groups excluding carboxylic acids is 3. The van der Waals surface area contributed by atoms with E-state index in [4.69, 9.17) is 14.5 Å². The molecule has 5 aromatic rings. The monoisotopic (exact) mass is 747 g/mol. The minimum atomic E-state index is -0.369. The molecule has 0 radical (unpaired) electrons. The number of hydrogen-bond donors (Lipinski definition) is 1. The lowest BCUT2D eigenvalue weighted by atomic mass is 9.72. The fourth-order valence-corrected chi connectivity index (χ4v) is 8.38. The Morgan fingerprint density at radius 1 is 0.875 bits per heavy atom. The van der Waals surface area contributed by atoms with Gasteiger partial charge in [-0.2, -0.15) is 0 Å². The summed E-state index contributed by atoms with van der Waals surface area (Å²) >= 11 is 0. The third-order valence-electron chi connectivity index (χ3n) is 10.6. The number of methoxy groups -OCH3 is 1. The van der Waals surface area contributed by atoms with Crippen molar-refractivity contribution in [3.63, 3.8) is 0 Å². The smallest absolute Gasteiger partial charge is 0.333 e. The molecule has 0 saturated heterocycles. The zero-order valence-electron chi connectivity index (χ0n) is 33.7. The van der Waals surface area contributed by atoms with Gasteiger partial charge in [-0.3, -0.25) is 9.59 Å². The Morgan fingerprint density at radius 3 is 2.16 bits per heavy atom. The van der Waals surface area contributed by atoms with Crippen molar-refractivity contribution < 1.29 is 23.9 Å². The summed E-state index contributed by atoms with van der Waals surface area (Å²) in [5, 5.41) is 4.12. The summed E-state index contributed by atoms with van der Waals surface area (Å²) in [5.74, 6) is 0.645. The third kappa shape index (κ3) is 7.12. The lowest BCUT2D eigenvalue weighted by Crippen LogP contribution is -2.24. The second-order valence-electron chi connectivity index (χ2n) is 17.0. The topological polar surface area (TPSA) is 97.8 Å². The summed E-state index contributed by atoms with van der Waals surface area (Å²) in [7, 11) is 5.11. The van der Waals surface area contributed by atoms with Crippen molar-refractivity contribution in [2.24, 2.45) is 11.3 Å². The molecule has 1 atom stereocenters. The van der Waals surface area contributed by atoms with Gasteiger partial charge in [-0.25, -0.2) is 9.78 Å². The van der Waals surface area contributed by atoms with Crippen LogP contribution in [0.2, 0.25) is 0 Å². The highest BCUT2D eigenvalue weighted by Gasteiger charge is 2.36. The molecule has 0 saturated carbocycles. The van der Waals surface area contributed by atoms with Crippen molar-refractivity contribution in [3.8, 4) is 22.6 Å². The highest BCUT2D eigenvalue weighted by Crippen LogP contribution is 2.50. The van der Waals surface area contributed by atoms with E-state index in [0.29, 0.717) is 79.3 Å². The number of anilines is 2. The van der Waals surface area contributed by atoms with E-state index >= 15 is 0 Å². The van der Waals surface area contributed by atoms with E-state index < -0.39 is 0 Å². The van der Waals surface area contributed by atoms with Crippen LogP contribution in [0.25, 0.3) is 22.0 Å². The van der Waals surface area contributed by atoms with Crippen molar-refractivity contribution in [2.75, 3.05) is 31.4 Å². The number of benzene rings is 4. The Bertz CT molecular complexity index is 2450. The van der Waals surface area contributed by atoms with Crippen molar-refractivity contribution in [1.82, 2.24) is 4.98 Å². The molecule has 0 amide bonds. The van der Waals surface area contributed by atoms with Gasteiger partial charge in [0.15, 0.2) is 17.3 Å². The average Bonchev–Trinajstić information content (AvgIpc) is 3.16. The van der Waals surface area contributed by atoms with Crippen LogP contribution in [-0.2, 0) is 14.9 Å². The van der Waals surface area contributed by atoms with E-state index in [1.807, 2.05) is 92.7 Å². The number of ketones is 2. The number of hydrogen-bond acceptors (Lipinski definition) is 8. The molecule has 0 bridgehead atoms. The maximum absolute atomic E-state index is 14.8. The van der Waals surface area contributed by atoms with Crippen LogP contribution in [0.1, 0.15) is 91.8 Å². The predicted molar refractivity (Wildman–Crippen MR) is 224 cm³/mol. The molecule has 1 unspecified atom stereocenters. The Hall–Kier alpha value is -6.02. The van der Waals surface area contributed by atoms with Gasteiger partial charge in [0.25, 0.3) is 0 Å².